The summed E-state index contributed by atoms with van der Waals surface area (Å²) in [7, 11) is 0. The number of rotatable bonds is 10. The number of nitrogens with zero attached hydrogens (tertiary/aromatic N) is 2. The van der Waals surface area contributed by atoms with E-state index < -0.39 is 59.1 Å². The first kappa shape index (κ1) is 44.2. The highest BCUT2D eigenvalue weighted by Crippen LogP contribution is 2.29. The highest BCUT2D eigenvalue weighted by atomic mass is 16.2. The van der Waals surface area contributed by atoms with Gasteiger partial charge in [0.1, 0.15) is 17.8 Å². The van der Waals surface area contributed by atoms with Gasteiger partial charge < -0.3 is 26.6 Å². The predicted octanol–water partition coefficient (Wildman–Crippen LogP) is 4.66. The Morgan fingerprint density at radius 3 is 1.90 bits per heavy atom. The monoisotopic (exact) mass is 674 g/mol. The lowest BCUT2D eigenvalue weighted by Crippen LogP contribution is -2.61. The lowest BCUT2D eigenvalue weighted by atomic mass is 9.85. The van der Waals surface area contributed by atoms with Gasteiger partial charge in [0.25, 0.3) is 5.91 Å². The molecular weight excluding hydrogens is 612 g/mol. The van der Waals surface area contributed by atoms with E-state index in [1.807, 2.05) is 13.8 Å². The highest BCUT2D eigenvalue weighted by Gasteiger charge is 2.45. The molecule has 0 bridgehead atoms. The Kier molecular flexibility index (Phi) is 19.5. The summed E-state index contributed by atoms with van der Waals surface area (Å²) in [6, 6.07) is 0.238. The number of nitrogens with two attached hydrogens (primary N) is 1. The van der Waals surface area contributed by atoms with Gasteiger partial charge in [-0.15, -0.1) is 0 Å². The average molecular weight is 675 g/mol. The number of hydrogen-bond acceptors (Lipinski definition) is 7. The van der Waals surface area contributed by atoms with Crippen LogP contribution < -0.4 is 21.7 Å². The van der Waals surface area contributed by atoms with Crippen LogP contribution in [0.5, 0.6) is 0 Å². The van der Waals surface area contributed by atoms with E-state index in [1.54, 1.807) is 59.7 Å². The standard InChI is InChI=1S/C27H40N6O6.C4H8.C3H8.C2H6/c1-14(2)18(21(35)17-10-8-9-12-29-17)31-26(39)32-22(27(5,6)7)25(38)33-13-11-15(3)19(33)24(37)30-16(4)20(34)23(28)36;1-4-2-3-4;1-3-2;1-2/h8-10,12,14-16,18-19,22H,11,13H2,1-7H3,(H2,28,36)(H,30,37)(H2,31,32,39);4H,2-3H2,1H3;3H2,1-2H3;1-2H3. The van der Waals surface area contributed by atoms with E-state index in [0.29, 0.717) is 6.42 Å². The molecule has 2 aliphatic rings. The molecule has 5 unspecified atom stereocenters. The first-order valence-electron chi connectivity index (χ1n) is 17.3. The second kappa shape index (κ2) is 21.2. The smallest absolute Gasteiger partial charge is 0.316 e. The van der Waals surface area contributed by atoms with Crippen molar-refractivity contribution in [3.63, 3.8) is 0 Å². The van der Waals surface area contributed by atoms with Gasteiger partial charge in [0.05, 0.1) is 12.1 Å². The molecule has 1 saturated carbocycles. The van der Waals surface area contributed by atoms with Crippen LogP contribution in [0.2, 0.25) is 0 Å². The first-order valence-corrected chi connectivity index (χ1v) is 17.3. The van der Waals surface area contributed by atoms with Crippen molar-refractivity contribution in [1.29, 1.82) is 0 Å². The predicted molar refractivity (Wildman–Crippen MR) is 189 cm³/mol. The molecule has 5 N–H and O–H groups in total. The lowest BCUT2D eigenvalue weighted by Gasteiger charge is -2.36. The molecule has 0 spiro atoms. The zero-order valence-corrected chi connectivity index (χ0v) is 31.3. The Morgan fingerprint density at radius 1 is 0.938 bits per heavy atom. The first-order chi connectivity index (χ1) is 22.4. The molecule has 48 heavy (non-hydrogen) atoms. The summed E-state index contributed by atoms with van der Waals surface area (Å²) in [5.74, 6) is -2.95. The van der Waals surface area contributed by atoms with Crippen molar-refractivity contribution in [2.75, 3.05) is 6.54 Å². The Morgan fingerprint density at radius 2 is 1.48 bits per heavy atom. The molecule has 1 aliphatic heterocycles. The molecule has 1 aliphatic carbocycles. The van der Waals surface area contributed by atoms with Crippen LogP contribution in [-0.4, -0.2) is 75.9 Å². The van der Waals surface area contributed by atoms with E-state index in [2.05, 4.69) is 41.7 Å². The summed E-state index contributed by atoms with van der Waals surface area (Å²) in [6.45, 7) is 22.8. The molecule has 12 heteroatoms. The van der Waals surface area contributed by atoms with Gasteiger partial charge in [0.2, 0.25) is 23.4 Å². The van der Waals surface area contributed by atoms with Gasteiger partial charge in [0.15, 0.2) is 0 Å². The van der Waals surface area contributed by atoms with Crippen molar-refractivity contribution in [2.45, 2.75) is 133 Å². The maximum Gasteiger partial charge on any atom is 0.316 e. The number of ketones is 2. The number of nitrogens with one attached hydrogen (secondary N) is 3. The Bertz CT molecular complexity index is 1200. The van der Waals surface area contributed by atoms with Crippen LogP contribution in [0, 0.1) is 23.2 Å². The van der Waals surface area contributed by atoms with Gasteiger partial charge in [-0.3, -0.25) is 29.0 Å². The van der Waals surface area contributed by atoms with Crippen molar-refractivity contribution in [1.82, 2.24) is 25.8 Å². The molecule has 5 atom stereocenters. The molecule has 1 saturated heterocycles. The number of primary amides is 1. The highest BCUT2D eigenvalue weighted by molar-refractivity contribution is 6.37. The molecule has 3 rings (SSSR count). The van der Waals surface area contributed by atoms with Crippen LogP contribution in [0.15, 0.2) is 24.4 Å². The van der Waals surface area contributed by atoms with Crippen LogP contribution in [-0.2, 0) is 19.2 Å². The number of Topliss-reactive ketones (excluding diaryl/α,β-unsaturated/α-hetero) is 2. The summed E-state index contributed by atoms with van der Waals surface area (Å²) in [5, 5.41) is 7.87. The van der Waals surface area contributed by atoms with Crippen LogP contribution >= 0.6 is 0 Å². The minimum absolute atomic E-state index is 0.212. The number of urea groups is 1. The summed E-state index contributed by atoms with van der Waals surface area (Å²) >= 11 is 0. The van der Waals surface area contributed by atoms with E-state index >= 15 is 0 Å². The number of carbonyl (C=O) groups is 6. The van der Waals surface area contributed by atoms with Gasteiger partial charge in [-0.1, -0.05) is 101 Å². The molecule has 0 aromatic carbocycles. The molecule has 2 heterocycles. The Labute approximate surface area is 288 Å². The van der Waals surface area contributed by atoms with Gasteiger partial charge in [0, 0.05) is 12.7 Å². The summed E-state index contributed by atoms with van der Waals surface area (Å²) in [4.78, 5) is 81.5. The topological polar surface area (TPSA) is 181 Å². The molecular formula is C36H62N6O6. The Hall–Kier alpha value is -3.83. The zero-order valence-electron chi connectivity index (χ0n) is 31.3. The average Bonchev–Trinajstić information content (AvgIpc) is 3.72. The summed E-state index contributed by atoms with van der Waals surface area (Å²) < 4.78 is 0. The molecule has 272 valence electrons. The quantitative estimate of drug-likeness (QED) is 0.206. The fourth-order valence-corrected chi connectivity index (χ4v) is 4.67. The summed E-state index contributed by atoms with van der Waals surface area (Å²) in [5.41, 5.74) is 4.49. The van der Waals surface area contributed by atoms with Gasteiger partial charge in [-0.2, -0.15) is 0 Å². The van der Waals surface area contributed by atoms with Crippen LogP contribution in [0.1, 0.15) is 119 Å². The number of carbonyl (C=O) groups excluding carboxylic acids is 6. The molecule has 1 aromatic rings. The lowest BCUT2D eigenvalue weighted by molar-refractivity contribution is -0.143. The van der Waals surface area contributed by atoms with Crippen molar-refractivity contribution in [3.8, 4) is 0 Å². The largest absolute Gasteiger partial charge is 0.363 e. The molecule has 5 amide bonds. The van der Waals surface area contributed by atoms with Gasteiger partial charge in [-0.25, -0.2) is 4.79 Å². The van der Waals surface area contributed by atoms with Crippen molar-refractivity contribution >= 4 is 35.3 Å². The fraction of sp³-hybridized carbons (Fsp3) is 0.694. The number of aromatic nitrogens is 1. The second-order valence-electron chi connectivity index (χ2n) is 13.8. The maximum atomic E-state index is 13.8. The van der Waals surface area contributed by atoms with Gasteiger partial charge in [-0.05, 0) is 48.6 Å². The van der Waals surface area contributed by atoms with Crippen LogP contribution in [0.4, 0.5) is 4.79 Å². The number of hydrogen-bond donors (Lipinski definition) is 4. The third kappa shape index (κ3) is 14.5. The molecule has 0 radical (unpaired) electrons. The van der Waals surface area contributed by atoms with E-state index in [4.69, 9.17) is 5.73 Å². The van der Waals surface area contributed by atoms with E-state index in [9.17, 15) is 28.8 Å². The third-order valence-electron chi connectivity index (χ3n) is 7.65. The number of likely N-dealkylation sites (tertiary alicyclic amines) is 1. The Balaban J connectivity index is 0.00000216. The third-order valence-corrected chi connectivity index (χ3v) is 7.65. The second-order valence-corrected chi connectivity index (χ2v) is 13.8. The summed E-state index contributed by atoms with van der Waals surface area (Å²) in [6.07, 6.45) is 6.24. The van der Waals surface area contributed by atoms with Crippen molar-refractivity contribution in [2.24, 2.45) is 28.9 Å². The fourth-order valence-electron chi connectivity index (χ4n) is 4.67. The molecule has 2 fully saturated rings. The van der Waals surface area contributed by atoms with Crippen molar-refractivity contribution < 1.29 is 28.8 Å². The number of amides is 5. The van der Waals surface area contributed by atoms with E-state index in [0.717, 1.165) is 5.92 Å². The minimum Gasteiger partial charge on any atom is -0.363 e. The zero-order chi connectivity index (χ0) is 37.4. The van der Waals surface area contributed by atoms with Crippen LogP contribution in [0.3, 0.4) is 0 Å². The maximum absolute atomic E-state index is 13.8. The SMILES string of the molecule is CC.CC(NC(=O)C1C(C)CCN1C(=O)C(NC(=O)NC(C(=O)c1ccccn1)C(C)C)C(C)(C)C)C(=O)C(N)=O.CC1CC1.CCC. The number of pyridine rings is 1. The van der Waals surface area contributed by atoms with Crippen LogP contribution in [0.25, 0.3) is 0 Å². The van der Waals surface area contributed by atoms with Crippen molar-refractivity contribution in [3.05, 3.63) is 30.1 Å². The normalized spacial score (nSPS) is 18.6. The van der Waals surface area contributed by atoms with Gasteiger partial charge >= 0.3 is 6.03 Å². The van der Waals surface area contributed by atoms with E-state index in [1.165, 1.54) is 37.3 Å². The molecule has 1 aromatic heterocycles. The minimum atomic E-state index is -1.17. The molecule has 12 nitrogen and oxygen atoms in total. The van der Waals surface area contributed by atoms with E-state index in [-0.39, 0.29) is 29.9 Å².